The van der Waals surface area contributed by atoms with Crippen molar-refractivity contribution in [3.63, 3.8) is 0 Å². The fourth-order valence-corrected chi connectivity index (χ4v) is 1.74. The largest absolute Gasteiger partial charge is 0.363 e. The monoisotopic (exact) mass is 210 g/mol. The van der Waals surface area contributed by atoms with Gasteiger partial charge in [0.15, 0.2) is 0 Å². The van der Waals surface area contributed by atoms with Crippen LogP contribution in [0.1, 0.15) is 12.8 Å². The molecule has 2 unspecified atom stereocenters. The second-order valence-electron chi connectivity index (χ2n) is 3.56. The molecule has 1 aromatic heterocycles. The lowest BCUT2D eigenvalue weighted by Crippen LogP contribution is -2.39. The van der Waals surface area contributed by atoms with Gasteiger partial charge in [0.05, 0.1) is 12.6 Å². The van der Waals surface area contributed by atoms with Crippen LogP contribution in [-0.2, 0) is 16.1 Å². The molecule has 0 spiro atoms. The van der Waals surface area contributed by atoms with E-state index in [0.29, 0.717) is 6.54 Å². The number of carbonyl (C=O) groups is 1. The van der Waals surface area contributed by atoms with Gasteiger partial charge in [0, 0.05) is 12.4 Å². The van der Waals surface area contributed by atoms with Gasteiger partial charge in [-0.1, -0.05) is 0 Å². The molecule has 0 bridgehead atoms. The van der Waals surface area contributed by atoms with E-state index in [1.807, 2.05) is 12.3 Å². The highest BCUT2D eigenvalue weighted by Gasteiger charge is 2.30. The number of aromatic nitrogens is 2. The molecular weight excluding hydrogens is 196 g/mol. The van der Waals surface area contributed by atoms with Crippen molar-refractivity contribution in [1.29, 1.82) is 0 Å². The Morgan fingerprint density at radius 2 is 2.53 bits per heavy atom. The maximum atomic E-state index is 11.2. The van der Waals surface area contributed by atoms with Gasteiger partial charge >= 0.3 is 0 Å². The summed E-state index contributed by atoms with van der Waals surface area (Å²) in [5.41, 5.74) is 2.10. The number of hydrogen-bond donors (Lipinski definition) is 2. The molecule has 1 fully saturated rings. The van der Waals surface area contributed by atoms with E-state index in [1.165, 1.54) is 0 Å². The third-order valence-electron chi connectivity index (χ3n) is 2.49. The van der Waals surface area contributed by atoms with Gasteiger partial charge in [-0.25, -0.2) is 5.84 Å². The predicted octanol–water partition coefficient (Wildman–Crippen LogP) is -0.579. The first kappa shape index (κ1) is 10.1. The summed E-state index contributed by atoms with van der Waals surface area (Å²) in [6.07, 6.45) is 4.81. The number of nitrogens with one attached hydrogen (secondary N) is 1. The number of amides is 1. The first-order valence-electron chi connectivity index (χ1n) is 4.93. The van der Waals surface area contributed by atoms with Gasteiger partial charge in [-0.3, -0.25) is 14.9 Å². The van der Waals surface area contributed by atoms with Crippen LogP contribution in [0.3, 0.4) is 0 Å². The highest BCUT2D eigenvalue weighted by Crippen LogP contribution is 2.20. The number of hydrogen-bond acceptors (Lipinski definition) is 4. The molecule has 15 heavy (non-hydrogen) atoms. The lowest BCUT2D eigenvalue weighted by atomic mass is 10.2. The molecule has 0 aromatic carbocycles. The van der Waals surface area contributed by atoms with Gasteiger partial charge in [0.25, 0.3) is 5.91 Å². The maximum Gasteiger partial charge on any atom is 0.263 e. The van der Waals surface area contributed by atoms with E-state index < -0.39 is 6.10 Å². The van der Waals surface area contributed by atoms with E-state index in [-0.39, 0.29) is 12.0 Å². The van der Waals surface area contributed by atoms with Crippen molar-refractivity contribution in [3.05, 3.63) is 18.5 Å². The Labute approximate surface area is 87.4 Å². The molecule has 2 atom stereocenters. The van der Waals surface area contributed by atoms with Gasteiger partial charge in [-0.2, -0.15) is 5.10 Å². The quantitative estimate of drug-likeness (QED) is 0.397. The SMILES string of the molecule is NNC(=O)C1CCC(Cn2cccn2)O1. The molecule has 0 aliphatic carbocycles. The molecule has 0 saturated carbocycles. The van der Waals surface area contributed by atoms with Gasteiger partial charge in [0.1, 0.15) is 6.10 Å². The number of carbonyl (C=O) groups excluding carboxylic acids is 1. The van der Waals surface area contributed by atoms with Crippen molar-refractivity contribution in [2.45, 2.75) is 31.6 Å². The van der Waals surface area contributed by atoms with Crippen LogP contribution in [0.2, 0.25) is 0 Å². The molecule has 1 aromatic rings. The second kappa shape index (κ2) is 4.41. The molecule has 1 aliphatic heterocycles. The average Bonchev–Trinajstić information content (AvgIpc) is 2.88. The van der Waals surface area contributed by atoms with E-state index in [4.69, 9.17) is 10.6 Å². The summed E-state index contributed by atoms with van der Waals surface area (Å²) in [4.78, 5) is 11.2. The maximum absolute atomic E-state index is 11.2. The molecule has 3 N–H and O–H groups in total. The van der Waals surface area contributed by atoms with Crippen molar-refractivity contribution in [3.8, 4) is 0 Å². The number of nitrogens with two attached hydrogens (primary N) is 1. The topological polar surface area (TPSA) is 82.2 Å². The number of rotatable bonds is 3. The summed E-state index contributed by atoms with van der Waals surface area (Å²) >= 11 is 0. The Balaban J connectivity index is 1.85. The Hall–Kier alpha value is -1.40. The van der Waals surface area contributed by atoms with Crippen LogP contribution in [0.15, 0.2) is 18.5 Å². The predicted molar refractivity (Wildman–Crippen MR) is 52.5 cm³/mol. The Morgan fingerprint density at radius 3 is 3.20 bits per heavy atom. The summed E-state index contributed by atoms with van der Waals surface area (Å²) < 4.78 is 7.33. The van der Waals surface area contributed by atoms with Crippen LogP contribution in [0.5, 0.6) is 0 Å². The van der Waals surface area contributed by atoms with Gasteiger partial charge in [-0.15, -0.1) is 0 Å². The molecular formula is C9H14N4O2. The standard InChI is InChI=1S/C9H14N4O2/c10-12-9(14)8-3-2-7(15-8)6-13-5-1-4-11-13/h1,4-5,7-8H,2-3,6,10H2,(H,12,14). The van der Waals surface area contributed by atoms with Crippen LogP contribution < -0.4 is 11.3 Å². The zero-order valence-electron chi connectivity index (χ0n) is 8.30. The van der Waals surface area contributed by atoms with Crippen molar-refractivity contribution >= 4 is 5.91 Å². The van der Waals surface area contributed by atoms with E-state index in [2.05, 4.69) is 10.5 Å². The van der Waals surface area contributed by atoms with E-state index in [1.54, 1.807) is 10.9 Å². The molecule has 1 aliphatic rings. The Bertz CT molecular complexity index is 325. The molecule has 1 saturated heterocycles. The fourth-order valence-electron chi connectivity index (χ4n) is 1.74. The van der Waals surface area contributed by atoms with Crippen LogP contribution in [0.4, 0.5) is 0 Å². The van der Waals surface area contributed by atoms with Crippen LogP contribution >= 0.6 is 0 Å². The zero-order valence-corrected chi connectivity index (χ0v) is 8.30. The third-order valence-corrected chi connectivity index (χ3v) is 2.49. The summed E-state index contributed by atoms with van der Waals surface area (Å²) in [5, 5.41) is 4.08. The summed E-state index contributed by atoms with van der Waals surface area (Å²) in [5.74, 6) is 4.78. The summed E-state index contributed by atoms with van der Waals surface area (Å²) in [6, 6.07) is 1.86. The number of ether oxygens (including phenoxy) is 1. The molecule has 82 valence electrons. The average molecular weight is 210 g/mol. The van der Waals surface area contributed by atoms with Gasteiger partial charge < -0.3 is 4.74 Å². The summed E-state index contributed by atoms with van der Waals surface area (Å²) in [6.45, 7) is 0.682. The second-order valence-corrected chi connectivity index (χ2v) is 3.56. The molecule has 6 heteroatoms. The minimum Gasteiger partial charge on any atom is -0.363 e. The normalized spacial score (nSPS) is 25.4. The van der Waals surface area contributed by atoms with Crippen molar-refractivity contribution in [2.75, 3.05) is 0 Å². The Morgan fingerprint density at radius 1 is 1.67 bits per heavy atom. The molecule has 1 amide bonds. The smallest absolute Gasteiger partial charge is 0.263 e. The highest BCUT2D eigenvalue weighted by molar-refractivity contribution is 5.80. The van der Waals surface area contributed by atoms with Crippen molar-refractivity contribution in [1.82, 2.24) is 15.2 Å². The number of nitrogens with zero attached hydrogens (tertiary/aromatic N) is 2. The molecule has 2 rings (SSSR count). The van der Waals surface area contributed by atoms with Crippen LogP contribution in [0.25, 0.3) is 0 Å². The van der Waals surface area contributed by atoms with E-state index in [9.17, 15) is 4.79 Å². The first-order chi connectivity index (χ1) is 7.29. The molecule has 2 heterocycles. The van der Waals surface area contributed by atoms with E-state index in [0.717, 1.165) is 12.8 Å². The summed E-state index contributed by atoms with van der Waals surface area (Å²) in [7, 11) is 0. The lowest BCUT2D eigenvalue weighted by molar-refractivity contribution is -0.132. The van der Waals surface area contributed by atoms with Gasteiger partial charge in [0.2, 0.25) is 0 Å². The molecule has 6 nitrogen and oxygen atoms in total. The minimum absolute atomic E-state index is 0.0483. The van der Waals surface area contributed by atoms with E-state index >= 15 is 0 Å². The van der Waals surface area contributed by atoms with Gasteiger partial charge in [-0.05, 0) is 18.9 Å². The van der Waals surface area contributed by atoms with Crippen molar-refractivity contribution in [2.24, 2.45) is 5.84 Å². The third kappa shape index (κ3) is 2.34. The zero-order chi connectivity index (χ0) is 10.7. The minimum atomic E-state index is -0.407. The van der Waals surface area contributed by atoms with Crippen LogP contribution in [-0.4, -0.2) is 27.9 Å². The van der Waals surface area contributed by atoms with Crippen LogP contribution in [0, 0.1) is 0 Å². The lowest BCUT2D eigenvalue weighted by Gasteiger charge is -2.12. The highest BCUT2D eigenvalue weighted by atomic mass is 16.5. The van der Waals surface area contributed by atoms with Crippen molar-refractivity contribution < 1.29 is 9.53 Å². The molecule has 0 radical (unpaired) electrons. The first-order valence-corrected chi connectivity index (χ1v) is 4.93. The Kier molecular flexibility index (Phi) is 2.98. The number of hydrazine groups is 1. The fraction of sp³-hybridized carbons (Fsp3) is 0.556.